The number of carbonyl (C=O) groups is 1. The van der Waals surface area contributed by atoms with E-state index in [-0.39, 0.29) is 11.0 Å². The quantitative estimate of drug-likeness (QED) is 0.377. The van der Waals surface area contributed by atoms with Crippen molar-refractivity contribution in [1.82, 2.24) is 10.3 Å². The summed E-state index contributed by atoms with van der Waals surface area (Å²) >= 11 is 17.1. The Hall–Kier alpha value is -2.93. The third kappa shape index (κ3) is 4.97. The zero-order chi connectivity index (χ0) is 21.1. The molecule has 1 amide bonds. The lowest BCUT2D eigenvalue weighted by Crippen LogP contribution is -2.34. The average molecular weight is 456 g/mol. The van der Waals surface area contributed by atoms with Gasteiger partial charge in [0, 0.05) is 27.7 Å². The number of aromatic nitrogens is 1. The van der Waals surface area contributed by atoms with Gasteiger partial charge in [0.05, 0.1) is 0 Å². The van der Waals surface area contributed by atoms with Crippen molar-refractivity contribution in [2.75, 3.05) is 5.32 Å². The number of benzene rings is 3. The fourth-order valence-corrected chi connectivity index (χ4v) is 3.40. The second kappa shape index (κ2) is 8.83. The number of hydrogen-bond acceptors (Lipinski definition) is 4. The van der Waals surface area contributed by atoms with Crippen molar-refractivity contribution in [3.8, 4) is 0 Å². The fourth-order valence-electron chi connectivity index (χ4n) is 2.87. The van der Waals surface area contributed by atoms with Crippen molar-refractivity contribution in [1.29, 1.82) is 0 Å². The summed E-state index contributed by atoms with van der Waals surface area (Å²) in [5.74, 6) is 0.254. The summed E-state index contributed by atoms with van der Waals surface area (Å²) in [6, 6.07) is 19.6. The highest BCUT2D eigenvalue weighted by atomic mass is 35.5. The Labute approximate surface area is 188 Å². The molecule has 3 aromatic carbocycles. The lowest BCUT2D eigenvalue weighted by Gasteiger charge is -2.09. The van der Waals surface area contributed by atoms with Crippen LogP contribution in [0, 0.1) is 0 Å². The number of anilines is 1. The molecule has 30 heavy (non-hydrogen) atoms. The predicted octanol–water partition coefficient (Wildman–Crippen LogP) is 5.85. The van der Waals surface area contributed by atoms with Gasteiger partial charge in [-0.25, -0.2) is 4.98 Å². The Morgan fingerprint density at radius 1 is 1.00 bits per heavy atom. The van der Waals surface area contributed by atoms with Gasteiger partial charge in [0.2, 0.25) is 0 Å². The third-order valence-electron chi connectivity index (χ3n) is 4.27. The highest BCUT2D eigenvalue weighted by Gasteiger charge is 2.11. The molecule has 0 spiro atoms. The van der Waals surface area contributed by atoms with Crippen LogP contribution in [0.2, 0.25) is 10.0 Å². The van der Waals surface area contributed by atoms with Crippen molar-refractivity contribution < 1.29 is 9.21 Å². The van der Waals surface area contributed by atoms with Crippen LogP contribution in [-0.4, -0.2) is 16.0 Å². The minimum absolute atomic E-state index is 0.171. The minimum atomic E-state index is -0.345. The number of oxazole rings is 1. The summed E-state index contributed by atoms with van der Waals surface area (Å²) in [5, 5.41) is 6.95. The first-order chi connectivity index (χ1) is 14.5. The topological polar surface area (TPSA) is 67.2 Å². The smallest absolute Gasteiger partial charge is 0.257 e. The molecule has 0 aliphatic rings. The van der Waals surface area contributed by atoms with E-state index in [2.05, 4.69) is 15.6 Å². The number of thiocarbonyl (C=S) groups is 1. The van der Waals surface area contributed by atoms with Crippen molar-refractivity contribution >= 4 is 63.2 Å². The van der Waals surface area contributed by atoms with Crippen molar-refractivity contribution in [2.24, 2.45) is 0 Å². The molecular formula is C22H15Cl2N3O2S. The molecule has 8 heteroatoms. The first-order valence-electron chi connectivity index (χ1n) is 8.98. The number of amides is 1. The molecule has 0 radical (unpaired) electrons. The highest BCUT2D eigenvalue weighted by molar-refractivity contribution is 7.80. The molecule has 0 bridgehead atoms. The Kier molecular flexibility index (Phi) is 5.99. The molecule has 1 heterocycles. The maximum absolute atomic E-state index is 12.3. The van der Waals surface area contributed by atoms with Gasteiger partial charge in [0.1, 0.15) is 5.52 Å². The molecule has 0 saturated carbocycles. The van der Waals surface area contributed by atoms with Gasteiger partial charge in [0.15, 0.2) is 16.6 Å². The molecule has 0 fully saturated rings. The third-order valence-corrected chi connectivity index (χ3v) is 4.96. The Bertz CT molecular complexity index is 1240. The number of carbonyl (C=O) groups excluding carboxylic acids is 1. The Balaban J connectivity index is 1.43. The predicted molar refractivity (Wildman–Crippen MR) is 123 cm³/mol. The zero-order valence-corrected chi connectivity index (χ0v) is 17.8. The van der Waals surface area contributed by atoms with Crippen LogP contribution < -0.4 is 10.6 Å². The SMILES string of the molecule is O=C(NC(=S)Nc1ccc2oc(Cc3ccc(Cl)cc3)nc2c1)c1cccc(Cl)c1. The van der Waals surface area contributed by atoms with E-state index in [0.29, 0.717) is 44.7 Å². The van der Waals surface area contributed by atoms with Gasteiger partial charge in [-0.1, -0.05) is 41.4 Å². The van der Waals surface area contributed by atoms with Gasteiger partial charge < -0.3 is 9.73 Å². The fraction of sp³-hybridized carbons (Fsp3) is 0.0455. The van der Waals surface area contributed by atoms with E-state index in [9.17, 15) is 4.79 Å². The van der Waals surface area contributed by atoms with E-state index >= 15 is 0 Å². The van der Waals surface area contributed by atoms with E-state index < -0.39 is 0 Å². The largest absolute Gasteiger partial charge is 0.440 e. The van der Waals surface area contributed by atoms with Crippen molar-refractivity contribution in [3.63, 3.8) is 0 Å². The van der Waals surface area contributed by atoms with Gasteiger partial charge in [0.25, 0.3) is 5.91 Å². The highest BCUT2D eigenvalue weighted by Crippen LogP contribution is 2.22. The first-order valence-corrected chi connectivity index (χ1v) is 10.1. The lowest BCUT2D eigenvalue weighted by molar-refractivity contribution is 0.0977. The van der Waals surface area contributed by atoms with E-state index in [4.69, 9.17) is 39.8 Å². The lowest BCUT2D eigenvalue weighted by atomic mass is 10.1. The van der Waals surface area contributed by atoms with Crippen LogP contribution >= 0.6 is 35.4 Å². The molecule has 0 unspecified atom stereocenters. The zero-order valence-electron chi connectivity index (χ0n) is 15.5. The number of hydrogen-bond donors (Lipinski definition) is 2. The van der Waals surface area contributed by atoms with Gasteiger partial charge in [-0.3, -0.25) is 10.1 Å². The van der Waals surface area contributed by atoms with Crippen LogP contribution in [0.15, 0.2) is 71.1 Å². The summed E-state index contributed by atoms with van der Waals surface area (Å²) in [6.07, 6.45) is 0.558. The minimum Gasteiger partial charge on any atom is -0.440 e. The van der Waals surface area contributed by atoms with Crippen LogP contribution in [0.5, 0.6) is 0 Å². The van der Waals surface area contributed by atoms with Crippen LogP contribution in [0.4, 0.5) is 5.69 Å². The van der Waals surface area contributed by atoms with Gasteiger partial charge in [-0.15, -0.1) is 0 Å². The summed E-state index contributed by atoms with van der Waals surface area (Å²) < 4.78 is 5.81. The van der Waals surface area contributed by atoms with Crippen LogP contribution in [0.1, 0.15) is 21.8 Å². The molecule has 0 saturated heterocycles. The maximum Gasteiger partial charge on any atom is 0.257 e. The molecular weight excluding hydrogens is 441 g/mol. The summed E-state index contributed by atoms with van der Waals surface area (Å²) in [6.45, 7) is 0. The number of nitrogens with zero attached hydrogens (tertiary/aromatic N) is 1. The number of halogens is 2. The van der Waals surface area contributed by atoms with Crippen molar-refractivity contribution in [3.05, 3.63) is 93.8 Å². The first kappa shape index (κ1) is 20.3. The molecule has 0 aliphatic carbocycles. The van der Waals surface area contributed by atoms with Gasteiger partial charge >= 0.3 is 0 Å². The number of rotatable bonds is 4. The van der Waals surface area contributed by atoms with Crippen LogP contribution in [0.3, 0.4) is 0 Å². The standard InChI is InChI=1S/C22H15Cl2N3O2S/c23-15-6-4-13(5-7-15)10-20-26-18-12-17(8-9-19(18)29-20)25-22(30)27-21(28)14-2-1-3-16(24)11-14/h1-9,11-12H,10H2,(H2,25,27,28,30). The van der Waals surface area contributed by atoms with E-state index in [1.54, 1.807) is 36.4 Å². The van der Waals surface area contributed by atoms with Gasteiger partial charge in [-0.05, 0) is 66.3 Å². The molecule has 0 aliphatic heterocycles. The normalized spacial score (nSPS) is 10.7. The van der Waals surface area contributed by atoms with E-state index in [1.165, 1.54) is 0 Å². The molecule has 1 aromatic heterocycles. The molecule has 2 N–H and O–H groups in total. The second-order valence-electron chi connectivity index (χ2n) is 6.51. The summed E-state index contributed by atoms with van der Waals surface area (Å²) in [5.41, 5.74) is 3.51. The summed E-state index contributed by atoms with van der Waals surface area (Å²) in [7, 11) is 0. The Morgan fingerprint density at radius 2 is 1.80 bits per heavy atom. The Morgan fingerprint density at radius 3 is 2.57 bits per heavy atom. The molecule has 4 aromatic rings. The summed E-state index contributed by atoms with van der Waals surface area (Å²) in [4.78, 5) is 16.8. The second-order valence-corrected chi connectivity index (χ2v) is 7.79. The molecule has 0 atom stereocenters. The van der Waals surface area contributed by atoms with Crippen LogP contribution in [0.25, 0.3) is 11.1 Å². The molecule has 150 valence electrons. The average Bonchev–Trinajstić information content (AvgIpc) is 3.11. The van der Waals surface area contributed by atoms with E-state index in [0.717, 1.165) is 5.56 Å². The maximum atomic E-state index is 12.3. The number of fused-ring (bicyclic) bond motifs is 1. The van der Waals surface area contributed by atoms with E-state index in [1.807, 2.05) is 30.3 Å². The van der Waals surface area contributed by atoms with Crippen LogP contribution in [-0.2, 0) is 6.42 Å². The molecule has 4 rings (SSSR count). The number of nitrogens with one attached hydrogen (secondary N) is 2. The monoisotopic (exact) mass is 455 g/mol. The molecule has 5 nitrogen and oxygen atoms in total. The van der Waals surface area contributed by atoms with Crippen molar-refractivity contribution in [2.45, 2.75) is 6.42 Å². The van der Waals surface area contributed by atoms with Gasteiger partial charge in [-0.2, -0.15) is 0 Å².